The maximum Gasteiger partial charge on any atom is 0.385 e. The third-order valence-electron chi connectivity index (χ3n) is 7.77. The lowest BCUT2D eigenvalue weighted by Crippen LogP contribution is -2.69. The van der Waals surface area contributed by atoms with Crippen molar-refractivity contribution in [3.05, 3.63) is 46.5 Å². The van der Waals surface area contributed by atoms with Crippen LogP contribution in [0.3, 0.4) is 0 Å². The molecule has 0 aliphatic rings. The van der Waals surface area contributed by atoms with Gasteiger partial charge >= 0.3 is 35.5 Å². The molecule has 4 nitrogen and oxygen atoms in total. The first-order chi connectivity index (χ1) is 19.9. The molecular formula is C28H32F12N2O2. The fraction of sp³-hybridized carbons (Fsp3) is 0.571. The summed E-state index contributed by atoms with van der Waals surface area (Å²) in [5, 5.41) is 0. The molecule has 250 valence electrons. The van der Waals surface area contributed by atoms with Gasteiger partial charge in [0.1, 0.15) is 11.5 Å². The van der Waals surface area contributed by atoms with Crippen molar-refractivity contribution in [1.29, 1.82) is 0 Å². The number of benzene rings is 2. The molecule has 2 unspecified atom stereocenters. The quantitative estimate of drug-likeness (QED) is 0.167. The number of hydrogen-bond acceptors (Lipinski definition) is 4. The van der Waals surface area contributed by atoms with Gasteiger partial charge in [-0.2, -0.15) is 52.7 Å². The monoisotopic (exact) mass is 656 g/mol. The van der Waals surface area contributed by atoms with E-state index in [1.807, 2.05) is 0 Å². The van der Waals surface area contributed by atoms with Gasteiger partial charge < -0.3 is 20.9 Å². The maximum atomic E-state index is 15.2. The van der Waals surface area contributed by atoms with E-state index in [4.69, 9.17) is 20.9 Å². The highest BCUT2D eigenvalue weighted by Gasteiger charge is 2.90. The number of ether oxygens (including phenoxy) is 2. The van der Waals surface area contributed by atoms with Crippen molar-refractivity contribution in [3.8, 4) is 11.5 Å². The number of halogens is 12. The summed E-state index contributed by atoms with van der Waals surface area (Å²) in [5.41, 5.74) is 5.97. The second-order valence-electron chi connectivity index (χ2n) is 10.4. The lowest BCUT2D eigenvalue weighted by molar-refractivity contribution is -0.429. The Morgan fingerprint density at radius 2 is 0.818 bits per heavy atom. The number of anilines is 2. The smallest absolute Gasteiger partial charge is 0.385 e. The van der Waals surface area contributed by atoms with Crippen molar-refractivity contribution in [2.45, 2.75) is 87.9 Å². The molecule has 2 aromatic rings. The number of hydrogen-bond donors (Lipinski definition) is 2. The van der Waals surface area contributed by atoms with Crippen LogP contribution in [-0.2, 0) is 11.8 Å². The predicted molar refractivity (Wildman–Crippen MR) is 140 cm³/mol. The van der Waals surface area contributed by atoms with E-state index in [1.54, 1.807) is 0 Å². The molecule has 0 aliphatic carbocycles. The van der Waals surface area contributed by atoms with Crippen molar-refractivity contribution < 1.29 is 62.2 Å². The van der Waals surface area contributed by atoms with Crippen LogP contribution in [0.2, 0.25) is 0 Å². The van der Waals surface area contributed by atoms with Crippen LogP contribution in [-0.4, -0.2) is 37.9 Å². The van der Waals surface area contributed by atoms with Gasteiger partial charge in [0.05, 0.1) is 25.6 Å². The molecule has 0 bridgehead atoms. The average Bonchev–Trinajstić information content (AvgIpc) is 2.95. The minimum atomic E-state index is -7.78. The standard InChI is InChI=1S/C28H32F12N2O2/c1-7-13(3)17-9-15(11-19(43-5)21(17)41)23(29,30)25(33,34)27(37,38)28(39,40)26(35,36)24(31,32)16-10-18(14(4)8-2)22(42)20(12-16)44-6/h9-14H,7-8,41-42H2,1-6H3. The molecule has 0 spiro atoms. The van der Waals surface area contributed by atoms with Crippen LogP contribution in [0, 0.1) is 0 Å². The Hall–Kier alpha value is -3.20. The topological polar surface area (TPSA) is 70.5 Å². The second kappa shape index (κ2) is 12.0. The molecule has 0 amide bonds. The normalized spacial score (nSPS) is 15.2. The van der Waals surface area contributed by atoms with Crippen molar-refractivity contribution in [2.75, 3.05) is 25.7 Å². The van der Waals surface area contributed by atoms with E-state index in [-0.39, 0.29) is 59.6 Å². The molecule has 2 rings (SSSR count). The Morgan fingerprint density at radius 3 is 1.05 bits per heavy atom. The molecule has 16 heteroatoms. The Morgan fingerprint density at radius 1 is 0.545 bits per heavy atom. The molecule has 0 aromatic heterocycles. The first-order valence-electron chi connectivity index (χ1n) is 13.1. The van der Waals surface area contributed by atoms with Gasteiger partial charge in [0.2, 0.25) is 0 Å². The maximum absolute atomic E-state index is 15.2. The number of alkyl halides is 12. The molecule has 2 atom stereocenters. The summed E-state index contributed by atoms with van der Waals surface area (Å²) in [6.45, 7) is 5.76. The van der Waals surface area contributed by atoms with Gasteiger partial charge in [-0.1, -0.05) is 27.7 Å². The van der Waals surface area contributed by atoms with Crippen LogP contribution in [0.4, 0.5) is 64.1 Å². The number of nitrogen functional groups attached to an aromatic ring is 2. The van der Waals surface area contributed by atoms with Gasteiger partial charge in [-0.15, -0.1) is 0 Å². The van der Waals surface area contributed by atoms with Gasteiger partial charge in [0.15, 0.2) is 0 Å². The van der Waals surface area contributed by atoms with Gasteiger partial charge in [0, 0.05) is 11.1 Å². The Bertz CT molecular complexity index is 1250. The highest BCUT2D eigenvalue weighted by atomic mass is 19.4. The van der Waals surface area contributed by atoms with Crippen LogP contribution in [0.1, 0.15) is 74.6 Å². The Labute approximate surface area is 245 Å². The zero-order valence-corrected chi connectivity index (χ0v) is 24.4. The van der Waals surface area contributed by atoms with Gasteiger partial charge in [-0.05, 0) is 60.1 Å². The number of rotatable bonds is 13. The Kier molecular flexibility index (Phi) is 10.0. The van der Waals surface area contributed by atoms with Crippen LogP contribution < -0.4 is 20.9 Å². The van der Waals surface area contributed by atoms with Crippen molar-refractivity contribution >= 4 is 11.4 Å². The highest BCUT2D eigenvalue weighted by Crippen LogP contribution is 2.64. The van der Waals surface area contributed by atoms with Crippen LogP contribution in [0.15, 0.2) is 24.3 Å². The molecule has 44 heavy (non-hydrogen) atoms. The molecule has 0 radical (unpaired) electrons. The summed E-state index contributed by atoms with van der Waals surface area (Å²) in [7, 11) is 1.69. The molecular weight excluding hydrogens is 624 g/mol. The van der Waals surface area contributed by atoms with E-state index in [0.29, 0.717) is 0 Å². The molecule has 0 fully saturated rings. The molecule has 2 aromatic carbocycles. The molecule has 4 N–H and O–H groups in total. The largest absolute Gasteiger partial charge is 0.495 e. The highest BCUT2D eigenvalue weighted by molar-refractivity contribution is 5.63. The fourth-order valence-corrected chi connectivity index (χ4v) is 4.40. The van der Waals surface area contributed by atoms with E-state index in [9.17, 15) is 35.1 Å². The first kappa shape index (κ1) is 37.0. The molecule has 0 saturated carbocycles. The van der Waals surface area contributed by atoms with E-state index >= 15 is 17.6 Å². The zero-order valence-electron chi connectivity index (χ0n) is 24.4. The molecule has 0 heterocycles. The Balaban J connectivity index is 2.79. The summed E-state index contributed by atoms with van der Waals surface area (Å²) in [6, 6.07) is 0.482. The lowest BCUT2D eigenvalue weighted by Gasteiger charge is -2.41. The van der Waals surface area contributed by atoms with Crippen LogP contribution in [0.25, 0.3) is 0 Å². The predicted octanol–water partition coefficient (Wildman–Crippen LogP) is 9.32. The van der Waals surface area contributed by atoms with Gasteiger partial charge in [-0.25, -0.2) is 0 Å². The van der Waals surface area contributed by atoms with Crippen molar-refractivity contribution in [3.63, 3.8) is 0 Å². The summed E-state index contributed by atoms with van der Waals surface area (Å²) >= 11 is 0. The third kappa shape index (κ3) is 5.35. The summed E-state index contributed by atoms with van der Waals surface area (Å²) in [6.07, 6.45) is 0.284. The minimum absolute atomic E-state index is 0.0349. The second-order valence-corrected chi connectivity index (χ2v) is 10.4. The number of methoxy groups -OCH3 is 2. The van der Waals surface area contributed by atoms with Crippen molar-refractivity contribution in [2.24, 2.45) is 0 Å². The summed E-state index contributed by atoms with van der Waals surface area (Å²) < 4.78 is 189. The average molecular weight is 657 g/mol. The number of nitrogens with two attached hydrogens (primary N) is 2. The third-order valence-corrected chi connectivity index (χ3v) is 7.77. The van der Waals surface area contributed by atoms with E-state index in [0.717, 1.165) is 14.2 Å². The van der Waals surface area contributed by atoms with Gasteiger partial charge in [-0.3, -0.25) is 0 Å². The van der Waals surface area contributed by atoms with E-state index < -0.39 is 70.0 Å². The zero-order chi connectivity index (χ0) is 34.4. The first-order valence-corrected chi connectivity index (χ1v) is 13.1. The van der Waals surface area contributed by atoms with Crippen LogP contribution in [0.5, 0.6) is 11.5 Å². The van der Waals surface area contributed by atoms with Gasteiger partial charge in [0.25, 0.3) is 0 Å². The summed E-state index contributed by atoms with van der Waals surface area (Å²) in [5.74, 6) is -46.0. The van der Waals surface area contributed by atoms with E-state index in [2.05, 4.69) is 0 Å². The fourth-order valence-electron chi connectivity index (χ4n) is 4.40. The van der Waals surface area contributed by atoms with Crippen LogP contribution >= 0.6 is 0 Å². The molecule has 0 aliphatic heterocycles. The van der Waals surface area contributed by atoms with E-state index in [1.165, 1.54) is 27.7 Å². The van der Waals surface area contributed by atoms with Crippen molar-refractivity contribution in [1.82, 2.24) is 0 Å². The lowest BCUT2D eigenvalue weighted by atomic mass is 9.84. The molecule has 0 saturated heterocycles. The summed E-state index contributed by atoms with van der Waals surface area (Å²) in [4.78, 5) is 0. The SMILES string of the molecule is CCC(C)c1cc(C(F)(F)C(F)(F)C(F)(F)C(F)(F)C(F)(F)C(F)(F)c2cc(OC)c(N)c(C(C)CC)c2)cc(OC)c1N. The minimum Gasteiger partial charge on any atom is -0.495 e.